The SMILES string of the molecule is CCCCCCCCCC/C=C\CCCCCCCCCCCCCC(=O)OC(CO)COP(=O)(O)OCC(CO)OC(=O)CCCCCCCCCCCC. The Kier molecular flexibility index (Phi) is 40.9. The van der Waals surface area contributed by atoms with Gasteiger partial charge in [-0.25, -0.2) is 4.57 Å². The van der Waals surface area contributed by atoms with Crippen LogP contribution in [0, 0.1) is 0 Å². The summed E-state index contributed by atoms with van der Waals surface area (Å²) < 4.78 is 32.5. The third-order valence-electron chi connectivity index (χ3n) is 10.2. The molecule has 0 saturated heterocycles. The molecule has 11 heteroatoms. The van der Waals surface area contributed by atoms with Crippen LogP contribution in [0.2, 0.25) is 0 Å². The number of aliphatic hydroxyl groups is 2. The van der Waals surface area contributed by atoms with E-state index in [0.29, 0.717) is 12.8 Å². The van der Waals surface area contributed by atoms with Gasteiger partial charge in [-0.1, -0.05) is 187 Å². The lowest BCUT2D eigenvalue weighted by atomic mass is 10.0. The van der Waals surface area contributed by atoms with Crippen molar-refractivity contribution in [2.45, 2.75) is 238 Å². The van der Waals surface area contributed by atoms with Gasteiger partial charge >= 0.3 is 19.8 Å². The second-order valence-electron chi connectivity index (χ2n) is 15.7. The zero-order valence-electron chi connectivity index (χ0n) is 36.1. The molecular weight excluding hydrogens is 731 g/mol. The van der Waals surface area contributed by atoms with Gasteiger partial charge in [-0.15, -0.1) is 0 Å². The smallest absolute Gasteiger partial charge is 0.457 e. The molecule has 56 heavy (non-hydrogen) atoms. The second-order valence-corrected chi connectivity index (χ2v) is 17.2. The number of rotatable bonds is 44. The second kappa shape index (κ2) is 41.9. The summed E-state index contributed by atoms with van der Waals surface area (Å²) in [7, 11) is -4.63. The first kappa shape index (κ1) is 54.7. The number of phosphoric acid groups is 1. The minimum atomic E-state index is -4.63. The Bertz CT molecular complexity index is 946. The van der Waals surface area contributed by atoms with E-state index in [1.54, 1.807) is 0 Å². The maximum Gasteiger partial charge on any atom is 0.472 e. The Morgan fingerprint density at radius 1 is 0.464 bits per heavy atom. The van der Waals surface area contributed by atoms with Gasteiger partial charge < -0.3 is 24.6 Å². The van der Waals surface area contributed by atoms with Gasteiger partial charge in [0.15, 0.2) is 0 Å². The highest BCUT2D eigenvalue weighted by atomic mass is 31.2. The number of hydrogen-bond acceptors (Lipinski definition) is 9. The van der Waals surface area contributed by atoms with E-state index in [4.69, 9.17) is 18.5 Å². The number of phosphoric ester groups is 1. The van der Waals surface area contributed by atoms with Crippen LogP contribution in [0.15, 0.2) is 12.2 Å². The van der Waals surface area contributed by atoms with Gasteiger partial charge in [0, 0.05) is 12.8 Å². The molecule has 0 radical (unpaired) electrons. The van der Waals surface area contributed by atoms with Crippen molar-refractivity contribution in [2.24, 2.45) is 0 Å². The first-order chi connectivity index (χ1) is 27.3. The zero-order chi connectivity index (χ0) is 41.2. The molecular formula is C45H87O10P. The van der Waals surface area contributed by atoms with E-state index in [2.05, 4.69) is 26.0 Å². The zero-order valence-corrected chi connectivity index (χ0v) is 37.0. The molecule has 0 aliphatic rings. The summed E-state index contributed by atoms with van der Waals surface area (Å²) in [5.41, 5.74) is 0. The first-order valence-electron chi connectivity index (χ1n) is 23.1. The van der Waals surface area contributed by atoms with E-state index in [-0.39, 0.29) is 12.8 Å². The molecule has 0 saturated carbocycles. The van der Waals surface area contributed by atoms with E-state index in [1.807, 2.05) is 0 Å². The molecule has 0 heterocycles. The van der Waals surface area contributed by atoms with Crippen LogP contribution in [-0.4, -0.2) is 65.7 Å². The highest BCUT2D eigenvalue weighted by Crippen LogP contribution is 2.43. The fourth-order valence-corrected chi connectivity index (χ4v) is 7.42. The summed E-state index contributed by atoms with van der Waals surface area (Å²) in [6.45, 7) is 2.22. The van der Waals surface area contributed by atoms with Crippen LogP contribution in [0.25, 0.3) is 0 Å². The lowest BCUT2D eigenvalue weighted by Gasteiger charge is -2.20. The number of carbonyl (C=O) groups is 2. The summed E-state index contributed by atoms with van der Waals surface area (Å²) in [6.07, 6.45) is 40.6. The minimum absolute atomic E-state index is 0.195. The average molecular weight is 819 g/mol. The molecule has 0 aromatic heterocycles. The summed E-state index contributed by atoms with van der Waals surface area (Å²) in [5, 5.41) is 19.1. The van der Waals surface area contributed by atoms with Crippen molar-refractivity contribution >= 4 is 19.8 Å². The standard InChI is InChI=1S/C45H87O10P/c1-3-5-7-9-11-13-15-16-17-18-19-20-21-22-23-24-25-26-27-29-31-33-35-37-45(49)55-43(39-47)41-53-56(50,51)52-40-42(38-46)54-44(48)36-34-32-30-28-14-12-10-8-6-4-2/h18-19,42-43,46-47H,3-17,20-41H2,1-2H3,(H,50,51)/b19-18-. The molecule has 0 bridgehead atoms. The molecule has 0 aromatic rings. The predicted octanol–water partition coefficient (Wildman–Crippen LogP) is 12.4. The molecule has 332 valence electrons. The molecule has 0 aliphatic carbocycles. The van der Waals surface area contributed by atoms with Crippen molar-refractivity contribution in [2.75, 3.05) is 26.4 Å². The van der Waals surface area contributed by atoms with Crippen molar-refractivity contribution in [3.05, 3.63) is 12.2 Å². The Morgan fingerprint density at radius 2 is 0.732 bits per heavy atom. The average Bonchev–Trinajstić information content (AvgIpc) is 3.19. The largest absolute Gasteiger partial charge is 0.472 e. The van der Waals surface area contributed by atoms with Crippen LogP contribution in [0.5, 0.6) is 0 Å². The quantitative estimate of drug-likeness (QED) is 0.0235. The van der Waals surface area contributed by atoms with E-state index in [1.165, 1.54) is 148 Å². The van der Waals surface area contributed by atoms with Gasteiger partial charge in [0.2, 0.25) is 0 Å². The molecule has 10 nitrogen and oxygen atoms in total. The number of allylic oxidation sites excluding steroid dienone is 2. The molecule has 3 unspecified atom stereocenters. The highest BCUT2D eigenvalue weighted by molar-refractivity contribution is 7.47. The fourth-order valence-electron chi connectivity index (χ4n) is 6.64. The Balaban J connectivity index is 3.80. The van der Waals surface area contributed by atoms with Gasteiger partial charge in [-0.05, 0) is 38.5 Å². The van der Waals surface area contributed by atoms with Gasteiger partial charge in [0.25, 0.3) is 0 Å². The van der Waals surface area contributed by atoms with Crippen LogP contribution in [0.4, 0.5) is 0 Å². The van der Waals surface area contributed by atoms with Gasteiger partial charge in [0.1, 0.15) is 12.2 Å². The van der Waals surface area contributed by atoms with Crippen LogP contribution in [0.1, 0.15) is 226 Å². The van der Waals surface area contributed by atoms with Crippen molar-refractivity contribution in [3.63, 3.8) is 0 Å². The van der Waals surface area contributed by atoms with Gasteiger partial charge in [-0.2, -0.15) is 0 Å². The summed E-state index contributed by atoms with van der Waals surface area (Å²) in [5.74, 6) is -1.01. The maximum atomic E-state index is 12.3. The molecule has 0 aromatic carbocycles. The number of carbonyl (C=O) groups excluding carboxylic acids is 2. The molecule has 0 spiro atoms. The molecule has 0 fully saturated rings. The number of ether oxygens (including phenoxy) is 2. The number of aliphatic hydroxyl groups excluding tert-OH is 2. The molecule has 3 N–H and O–H groups in total. The van der Waals surface area contributed by atoms with Crippen molar-refractivity contribution in [3.8, 4) is 0 Å². The van der Waals surface area contributed by atoms with Crippen molar-refractivity contribution in [1.82, 2.24) is 0 Å². The minimum Gasteiger partial charge on any atom is -0.457 e. The normalized spacial score (nSPS) is 13.9. The first-order valence-corrected chi connectivity index (χ1v) is 24.6. The van der Waals surface area contributed by atoms with Crippen molar-refractivity contribution < 1.29 is 47.8 Å². The van der Waals surface area contributed by atoms with Gasteiger partial charge in [0.05, 0.1) is 26.4 Å². The van der Waals surface area contributed by atoms with Crippen LogP contribution >= 0.6 is 7.82 Å². The number of unbranched alkanes of at least 4 members (excludes halogenated alkanes) is 28. The van der Waals surface area contributed by atoms with E-state index in [9.17, 15) is 29.3 Å². The third kappa shape index (κ3) is 39.5. The monoisotopic (exact) mass is 819 g/mol. The molecule has 0 rings (SSSR count). The lowest BCUT2D eigenvalue weighted by Crippen LogP contribution is -2.28. The fraction of sp³-hybridized carbons (Fsp3) is 0.911. The summed E-state index contributed by atoms with van der Waals surface area (Å²) in [6, 6.07) is 0. The number of hydrogen-bond donors (Lipinski definition) is 3. The molecule has 0 amide bonds. The molecule has 0 aliphatic heterocycles. The number of esters is 2. The van der Waals surface area contributed by atoms with Crippen LogP contribution in [-0.2, 0) is 32.7 Å². The maximum absolute atomic E-state index is 12.3. The summed E-state index contributed by atoms with van der Waals surface area (Å²) in [4.78, 5) is 34.5. The van der Waals surface area contributed by atoms with E-state index < -0.39 is 58.4 Å². The van der Waals surface area contributed by atoms with E-state index >= 15 is 0 Å². The topological polar surface area (TPSA) is 149 Å². The van der Waals surface area contributed by atoms with Crippen LogP contribution < -0.4 is 0 Å². The van der Waals surface area contributed by atoms with Crippen LogP contribution in [0.3, 0.4) is 0 Å². The Morgan fingerprint density at radius 3 is 1.02 bits per heavy atom. The van der Waals surface area contributed by atoms with Gasteiger partial charge in [-0.3, -0.25) is 18.6 Å². The highest BCUT2D eigenvalue weighted by Gasteiger charge is 2.27. The Labute approximate surface area is 343 Å². The summed E-state index contributed by atoms with van der Waals surface area (Å²) >= 11 is 0. The lowest BCUT2D eigenvalue weighted by molar-refractivity contribution is -0.153. The third-order valence-corrected chi connectivity index (χ3v) is 11.2. The van der Waals surface area contributed by atoms with Crippen molar-refractivity contribution in [1.29, 1.82) is 0 Å². The Hall–Kier alpha value is -1.29. The predicted molar refractivity (Wildman–Crippen MR) is 229 cm³/mol. The molecule has 3 atom stereocenters. The van der Waals surface area contributed by atoms with E-state index in [0.717, 1.165) is 38.5 Å².